The van der Waals surface area contributed by atoms with E-state index in [9.17, 15) is 4.79 Å². The van der Waals surface area contributed by atoms with Crippen LogP contribution in [-0.4, -0.2) is 53.9 Å². The number of methoxy groups -OCH3 is 1. The molecule has 1 amide bonds. The highest BCUT2D eigenvalue weighted by Gasteiger charge is 2.26. The third-order valence-corrected chi connectivity index (χ3v) is 4.30. The molecule has 1 fully saturated rings. The van der Waals surface area contributed by atoms with E-state index >= 15 is 0 Å². The van der Waals surface area contributed by atoms with E-state index in [1.165, 1.54) is 7.11 Å². The molecule has 1 aromatic carbocycles. The Hall–Kier alpha value is -2.21. The molecule has 2 aromatic rings. The first kappa shape index (κ1) is 15.7. The maximum Gasteiger partial charge on any atom is 0.261 e. The minimum Gasteiger partial charge on any atom is -0.479 e. The fourth-order valence-electron chi connectivity index (χ4n) is 2.79. The molecule has 23 heavy (non-hydrogen) atoms. The summed E-state index contributed by atoms with van der Waals surface area (Å²) in [6, 6.07) is 7.78. The Morgan fingerprint density at radius 3 is 2.57 bits per heavy atom. The van der Waals surface area contributed by atoms with E-state index in [2.05, 4.69) is 10.00 Å². The van der Waals surface area contributed by atoms with Crippen LogP contribution in [0.5, 0.6) is 5.88 Å². The van der Waals surface area contributed by atoms with Crippen LogP contribution in [0.15, 0.2) is 30.5 Å². The fraction of sp³-hybridized carbons (Fsp3) is 0.375. The van der Waals surface area contributed by atoms with E-state index in [1.54, 1.807) is 17.9 Å². The summed E-state index contributed by atoms with van der Waals surface area (Å²) in [7, 11) is 3.29. The number of piperazine rings is 1. The molecular formula is C16H19ClN4O2. The molecule has 1 aromatic heterocycles. The molecule has 122 valence electrons. The Labute approximate surface area is 140 Å². The van der Waals surface area contributed by atoms with Crippen LogP contribution in [0.4, 0.5) is 5.69 Å². The van der Waals surface area contributed by atoms with Crippen molar-refractivity contribution >= 4 is 23.2 Å². The molecule has 0 atom stereocenters. The lowest BCUT2D eigenvalue weighted by molar-refractivity contribution is 0.0743. The van der Waals surface area contributed by atoms with Crippen molar-refractivity contribution in [3.8, 4) is 5.88 Å². The molecule has 1 aliphatic rings. The average Bonchev–Trinajstić information content (AvgIpc) is 2.96. The van der Waals surface area contributed by atoms with Gasteiger partial charge < -0.3 is 14.5 Å². The lowest BCUT2D eigenvalue weighted by Gasteiger charge is -2.36. The Balaban J connectivity index is 1.69. The lowest BCUT2D eigenvalue weighted by Crippen LogP contribution is -2.48. The number of benzene rings is 1. The van der Waals surface area contributed by atoms with Gasteiger partial charge in [0.15, 0.2) is 0 Å². The van der Waals surface area contributed by atoms with Crippen LogP contribution in [0.25, 0.3) is 0 Å². The predicted octanol–water partition coefficient (Wildman–Crippen LogP) is 2.04. The van der Waals surface area contributed by atoms with E-state index in [-0.39, 0.29) is 5.91 Å². The Morgan fingerprint density at radius 1 is 1.22 bits per heavy atom. The van der Waals surface area contributed by atoms with Crippen molar-refractivity contribution in [2.45, 2.75) is 0 Å². The van der Waals surface area contributed by atoms with Crippen molar-refractivity contribution in [1.29, 1.82) is 0 Å². The van der Waals surface area contributed by atoms with Crippen LogP contribution in [0, 0.1) is 0 Å². The fourth-order valence-corrected chi connectivity index (χ4v) is 3.05. The number of ether oxygens (including phenoxy) is 1. The van der Waals surface area contributed by atoms with Crippen molar-refractivity contribution in [3.05, 3.63) is 41.0 Å². The number of hydrogen-bond acceptors (Lipinski definition) is 4. The van der Waals surface area contributed by atoms with Gasteiger partial charge in [-0.1, -0.05) is 23.7 Å². The van der Waals surface area contributed by atoms with E-state index in [1.807, 2.05) is 29.2 Å². The molecule has 1 saturated heterocycles. The summed E-state index contributed by atoms with van der Waals surface area (Å²) in [5.41, 5.74) is 1.52. The summed E-state index contributed by atoms with van der Waals surface area (Å²) in [4.78, 5) is 16.7. The Bertz CT molecular complexity index is 708. The van der Waals surface area contributed by atoms with Gasteiger partial charge in [0.1, 0.15) is 5.56 Å². The molecular weight excluding hydrogens is 316 g/mol. The zero-order chi connectivity index (χ0) is 16.4. The third-order valence-electron chi connectivity index (χ3n) is 3.98. The van der Waals surface area contributed by atoms with E-state index in [0.29, 0.717) is 24.5 Å². The van der Waals surface area contributed by atoms with Gasteiger partial charge in [0.2, 0.25) is 5.88 Å². The number of anilines is 1. The SMILES string of the molecule is COc1nn(C)cc1C(=O)N1CCN(c2ccccc2Cl)CC1. The first-order valence-electron chi connectivity index (χ1n) is 7.46. The van der Waals surface area contributed by atoms with Crippen molar-refractivity contribution in [3.63, 3.8) is 0 Å². The zero-order valence-corrected chi connectivity index (χ0v) is 14.0. The van der Waals surface area contributed by atoms with Gasteiger partial charge in [-0.3, -0.25) is 9.48 Å². The summed E-state index contributed by atoms with van der Waals surface area (Å²) < 4.78 is 6.77. The normalized spacial score (nSPS) is 14.9. The zero-order valence-electron chi connectivity index (χ0n) is 13.2. The van der Waals surface area contributed by atoms with Crippen molar-refractivity contribution in [2.75, 3.05) is 38.2 Å². The van der Waals surface area contributed by atoms with Gasteiger partial charge in [-0.2, -0.15) is 0 Å². The third kappa shape index (κ3) is 3.12. The molecule has 0 spiro atoms. The second-order valence-corrected chi connectivity index (χ2v) is 5.86. The van der Waals surface area contributed by atoms with E-state index < -0.39 is 0 Å². The van der Waals surface area contributed by atoms with E-state index in [4.69, 9.17) is 16.3 Å². The summed E-state index contributed by atoms with van der Waals surface area (Å²) >= 11 is 6.24. The number of hydrogen-bond donors (Lipinski definition) is 0. The molecule has 0 saturated carbocycles. The number of aromatic nitrogens is 2. The van der Waals surface area contributed by atoms with Gasteiger partial charge in [0.05, 0.1) is 17.8 Å². The largest absolute Gasteiger partial charge is 0.479 e. The van der Waals surface area contributed by atoms with Crippen molar-refractivity contribution < 1.29 is 9.53 Å². The summed E-state index contributed by atoms with van der Waals surface area (Å²) in [6.45, 7) is 2.78. The van der Waals surface area contributed by atoms with E-state index in [0.717, 1.165) is 23.8 Å². The maximum absolute atomic E-state index is 12.7. The quantitative estimate of drug-likeness (QED) is 0.862. The molecule has 7 heteroatoms. The van der Waals surface area contributed by atoms with Crippen LogP contribution >= 0.6 is 11.6 Å². The van der Waals surface area contributed by atoms with Gasteiger partial charge in [-0.25, -0.2) is 0 Å². The number of para-hydroxylation sites is 1. The summed E-state index contributed by atoms with van der Waals surface area (Å²) in [6.07, 6.45) is 1.70. The van der Waals surface area contributed by atoms with Gasteiger partial charge in [0, 0.05) is 39.4 Å². The van der Waals surface area contributed by atoms with Crippen LogP contribution in [0.3, 0.4) is 0 Å². The number of amides is 1. The van der Waals surface area contributed by atoms with Gasteiger partial charge >= 0.3 is 0 Å². The highest BCUT2D eigenvalue weighted by molar-refractivity contribution is 6.33. The number of halogens is 1. The number of carbonyl (C=O) groups excluding carboxylic acids is 1. The molecule has 1 aliphatic heterocycles. The van der Waals surface area contributed by atoms with Crippen LogP contribution in [0.2, 0.25) is 5.02 Å². The average molecular weight is 335 g/mol. The van der Waals surface area contributed by atoms with Gasteiger partial charge in [-0.05, 0) is 12.1 Å². The molecule has 0 bridgehead atoms. The first-order valence-corrected chi connectivity index (χ1v) is 7.84. The molecule has 6 nitrogen and oxygen atoms in total. The van der Waals surface area contributed by atoms with Gasteiger partial charge in [-0.15, -0.1) is 5.10 Å². The lowest BCUT2D eigenvalue weighted by atomic mass is 10.2. The Kier molecular flexibility index (Phi) is 4.43. The highest BCUT2D eigenvalue weighted by atomic mass is 35.5. The van der Waals surface area contributed by atoms with Crippen LogP contribution in [0.1, 0.15) is 10.4 Å². The topological polar surface area (TPSA) is 50.6 Å². The minimum absolute atomic E-state index is 0.0474. The maximum atomic E-state index is 12.7. The van der Waals surface area contributed by atoms with Crippen LogP contribution < -0.4 is 9.64 Å². The monoisotopic (exact) mass is 334 g/mol. The number of nitrogens with zero attached hydrogens (tertiary/aromatic N) is 4. The van der Waals surface area contributed by atoms with Crippen LogP contribution in [-0.2, 0) is 7.05 Å². The molecule has 0 unspecified atom stereocenters. The second-order valence-electron chi connectivity index (χ2n) is 5.46. The molecule has 0 radical (unpaired) electrons. The number of rotatable bonds is 3. The van der Waals surface area contributed by atoms with Gasteiger partial charge in [0.25, 0.3) is 5.91 Å². The standard InChI is InChI=1S/C16H19ClN4O2/c1-19-11-12(15(18-19)23-2)16(22)21-9-7-20(8-10-21)14-6-4-3-5-13(14)17/h3-6,11H,7-10H2,1-2H3. The van der Waals surface area contributed by atoms with Crippen molar-refractivity contribution in [1.82, 2.24) is 14.7 Å². The molecule has 0 N–H and O–H groups in total. The molecule has 0 aliphatic carbocycles. The summed E-state index contributed by atoms with van der Waals surface area (Å²) in [5, 5.41) is 4.88. The highest BCUT2D eigenvalue weighted by Crippen LogP contribution is 2.26. The number of carbonyl (C=O) groups is 1. The first-order chi connectivity index (χ1) is 11.1. The van der Waals surface area contributed by atoms with Crippen molar-refractivity contribution in [2.24, 2.45) is 7.05 Å². The predicted molar refractivity (Wildman–Crippen MR) is 89.3 cm³/mol. The molecule has 3 rings (SSSR count). The molecule has 2 heterocycles. The smallest absolute Gasteiger partial charge is 0.261 e. The second kappa shape index (κ2) is 6.50. The Morgan fingerprint density at radius 2 is 1.91 bits per heavy atom. The summed E-state index contributed by atoms with van der Waals surface area (Å²) in [5.74, 6) is 0.319. The number of aryl methyl sites for hydroxylation is 1. The minimum atomic E-state index is -0.0474.